The quantitative estimate of drug-likeness (QED) is 0.0389. The number of carbonyl (C=O) groups excluding carboxylic acids is 5. The fourth-order valence-electron chi connectivity index (χ4n) is 8.67. The molecule has 2 aliphatic heterocycles. The van der Waals surface area contributed by atoms with Crippen LogP contribution in [0.15, 0.2) is 98.1 Å². The molecule has 0 spiro atoms. The maximum Gasteiger partial charge on any atom is 0.490 e. The summed E-state index contributed by atoms with van der Waals surface area (Å²) >= 11 is 0. The number of ether oxygens (including phenoxy) is 2. The summed E-state index contributed by atoms with van der Waals surface area (Å²) in [7, 11) is 7.18. The molecule has 2 saturated heterocycles. The Balaban J connectivity index is 0.000000270. The van der Waals surface area contributed by atoms with E-state index in [-0.39, 0.29) is 48.1 Å². The zero-order valence-corrected chi connectivity index (χ0v) is 50.3. The molecule has 26 nitrogen and oxygen atoms in total. The highest BCUT2D eigenvalue weighted by Gasteiger charge is 2.38. The summed E-state index contributed by atoms with van der Waals surface area (Å²) in [5, 5.41) is 29.5. The number of nitrogens with one attached hydrogen (secondary N) is 4. The number of ketones is 2. The predicted octanol–water partition coefficient (Wildman–Crippen LogP) is 6.11. The topological polar surface area (TPSA) is 331 Å². The number of piperazine rings is 2. The van der Waals surface area contributed by atoms with Crippen LogP contribution in [0.25, 0.3) is 33.4 Å². The molecule has 87 heavy (non-hydrogen) atoms. The second-order valence-electron chi connectivity index (χ2n) is 18.1. The first-order valence-corrected chi connectivity index (χ1v) is 26.9. The Hall–Kier alpha value is -9.54. The molecule has 2 aromatic carbocycles. The minimum absolute atomic E-state index is 0.000711. The molecule has 6 N–H and O–H groups in total. The van der Waals surface area contributed by atoms with Crippen molar-refractivity contribution in [2.24, 2.45) is 0 Å². The number of aryl methyl sites for hydroxylation is 2. The number of Topliss-reactive ketones (excluding diaryl/α,β-unsaturated/α-hetero) is 2. The third-order valence-electron chi connectivity index (χ3n) is 12.7. The van der Waals surface area contributed by atoms with Gasteiger partial charge in [-0.25, -0.2) is 29.5 Å². The summed E-state index contributed by atoms with van der Waals surface area (Å²) in [5.41, 5.74) is 2.51. The van der Waals surface area contributed by atoms with Crippen molar-refractivity contribution in [2.45, 2.75) is 59.8 Å². The number of carbonyl (C=O) groups is 7. The highest BCUT2D eigenvalue weighted by atomic mass is 31.0. The Morgan fingerprint density at radius 1 is 0.690 bits per heavy atom. The number of methoxy groups -OCH3 is 2. The molecular weight excluding hydrogens is 1170 g/mol. The number of H-pyrrole nitrogens is 2. The molecule has 466 valence electrons. The van der Waals surface area contributed by atoms with Crippen molar-refractivity contribution in [1.82, 2.24) is 74.6 Å². The molecule has 0 bridgehead atoms. The van der Waals surface area contributed by atoms with Gasteiger partial charge in [-0.3, -0.25) is 28.4 Å². The summed E-state index contributed by atoms with van der Waals surface area (Å²) in [6.07, 6.45) is 3.41. The van der Waals surface area contributed by atoms with Gasteiger partial charge in [0, 0.05) is 74.9 Å². The van der Waals surface area contributed by atoms with Crippen LogP contribution in [0, 0.1) is 13.8 Å². The van der Waals surface area contributed by atoms with Crippen molar-refractivity contribution >= 4 is 72.4 Å². The van der Waals surface area contributed by atoms with Crippen LogP contribution in [0.5, 0.6) is 11.5 Å². The number of pyridine rings is 2. The predicted molar refractivity (Wildman–Crippen MR) is 315 cm³/mol. The van der Waals surface area contributed by atoms with Crippen LogP contribution < -0.4 is 19.9 Å². The number of aromatic nitrogens is 10. The van der Waals surface area contributed by atoms with E-state index in [0.717, 1.165) is 25.2 Å². The molecule has 3 amide bonds. The molecule has 3 atom stereocenters. The highest BCUT2D eigenvalue weighted by Crippen LogP contribution is 2.34. The van der Waals surface area contributed by atoms with Gasteiger partial charge in [0.2, 0.25) is 0 Å². The number of halogens is 4. The summed E-state index contributed by atoms with van der Waals surface area (Å²) in [4.78, 5) is 111. The monoisotopic (exact) mass is 1230 g/mol. The van der Waals surface area contributed by atoms with E-state index in [9.17, 15) is 46.3 Å². The SMILES string of the molecule is CC.CF.COc1cnc(-n2ncnc2C)c2[nH]cc(C(=O)C(=O)N3CCN(C(=O)c4ccccc4)[C@H](C)C3)c12.COc1cnc(-n2ncnc2C)c2[nH]cc(C(=O)C(=O)O)c12.C[C@@H]1CNCCN1C(=O)c1ccccc1.O=C(O)C(F)(F)F.[2H]N(C)P. The number of alkyl halides is 4. The zero-order valence-electron chi connectivity index (χ0n) is 50.2. The first-order chi connectivity index (χ1) is 41.9. The average Bonchev–Trinajstić information content (AvgIpc) is 2.08. The Labute approximate surface area is 500 Å². The standard InChI is InChI=1S/C25H25N7O4.C13H11N5O4.C12H16N2O.C2HF3O2.C2H6.CH3F.CH6NP/c1-15-13-30(9-10-31(15)24(34)17-7-5-4-6-8-17)25(35)22(33)18-11-26-21-20(18)19(36-3)12-27-23(21)32-16(2)28-14-29-32;1-6-16-5-17-18(6)12-10-9(8(22-2)4-15-12)7(3-14-10)11(19)13(20)21;1-10-9-13-7-8-14(10)12(15)11-5-3-2-4-6-11;3-2(4,5)1(6)7;2*1-2;1-2-3/h4-8,11-12,14-15,26H,9-10,13H2,1-3H3;3-5,14H,1-2H3,(H,20,21);2-6,10,13H,7-9H2,1H3;(H,6,7);1-2H3;1H3;2H,3H2,1H3/t15-;;10-;;;;/m1.1..../s1/i/hD. The van der Waals surface area contributed by atoms with Crippen molar-refractivity contribution in [1.29, 1.82) is 0 Å². The number of aromatic amines is 2. The number of hydrogen-bond donors (Lipinski definition) is 6. The van der Waals surface area contributed by atoms with Gasteiger partial charge in [0.05, 0.1) is 66.7 Å². The number of carboxylic acids is 2. The van der Waals surface area contributed by atoms with E-state index >= 15 is 0 Å². The van der Waals surface area contributed by atoms with Crippen LogP contribution in [-0.4, -0.2) is 202 Å². The van der Waals surface area contributed by atoms with E-state index in [2.05, 4.69) is 61.7 Å². The molecule has 31 heteroatoms. The molecule has 8 aromatic rings. The van der Waals surface area contributed by atoms with Gasteiger partial charge in [0.15, 0.2) is 11.6 Å². The fourth-order valence-corrected chi connectivity index (χ4v) is 8.67. The van der Waals surface area contributed by atoms with Gasteiger partial charge >= 0.3 is 18.1 Å². The van der Waals surface area contributed by atoms with Gasteiger partial charge in [-0.05, 0) is 59.0 Å². The summed E-state index contributed by atoms with van der Waals surface area (Å²) in [6.45, 7) is 14.9. The lowest BCUT2D eigenvalue weighted by Gasteiger charge is -2.39. The van der Waals surface area contributed by atoms with Crippen LogP contribution in [0.3, 0.4) is 0 Å². The summed E-state index contributed by atoms with van der Waals surface area (Å²) < 4.78 is 61.3. The fraction of sp³-hybridized carbons (Fsp3) is 0.339. The van der Waals surface area contributed by atoms with Crippen molar-refractivity contribution in [2.75, 3.05) is 67.7 Å². The van der Waals surface area contributed by atoms with Crippen molar-refractivity contribution in [3.63, 3.8) is 0 Å². The third-order valence-corrected chi connectivity index (χ3v) is 12.7. The maximum atomic E-state index is 13.4. The molecule has 6 aromatic heterocycles. The number of aliphatic carboxylic acids is 2. The number of amides is 3. The van der Waals surface area contributed by atoms with E-state index in [1.54, 1.807) is 42.6 Å². The normalized spacial score (nSPS) is 14.4. The summed E-state index contributed by atoms with van der Waals surface area (Å²) in [5.74, 6) is -3.88. The number of hydrogen-bond acceptors (Lipinski definition) is 17. The lowest BCUT2D eigenvalue weighted by Crippen LogP contribution is -2.56. The largest absolute Gasteiger partial charge is 0.494 e. The smallest absolute Gasteiger partial charge is 0.490 e. The molecule has 1 unspecified atom stereocenters. The van der Waals surface area contributed by atoms with Crippen molar-refractivity contribution in [3.05, 3.63) is 132 Å². The molecule has 0 saturated carbocycles. The average molecular weight is 1240 g/mol. The molecule has 0 radical (unpaired) electrons. The molecular formula is C56H68F4N15O11P. The van der Waals surface area contributed by atoms with E-state index < -0.39 is 35.6 Å². The molecule has 2 fully saturated rings. The Bertz CT molecular complexity index is 3640. The van der Waals surface area contributed by atoms with Crippen molar-refractivity contribution in [3.8, 4) is 23.1 Å². The number of carboxylic acid groups (broad SMARTS) is 2. The van der Waals surface area contributed by atoms with E-state index in [1.165, 1.54) is 66.3 Å². The first-order valence-electron chi connectivity index (χ1n) is 26.9. The number of rotatable bonds is 10. The van der Waals surface area contributed by atoms with E-state index in [0.29, 0.717) is 75.9 Å². The maximum absolute atomic E-state index is 13.4. The van der Waals surface area contributed by atoms with Crippen molar-refractivity contribution < 1.29 is 72.2 Å². The molecule has 0 aliphatic carbocycles. The Morgan fingerprint density at radius 2 is 1.10 bits per heavy atom. The van der Waals surface area contributed by atoms with Gasteiger partial charge in [-0.15, -0.1) is 0 Å². The molecule has 2 aliphatic rings. The number of fused-ring (bicyclic) bond motifs is 2. The van der Waals surface area contributed by atoms with Gasteiger partial charge in [0.25, 0.3) is 29.3 Å². The zero-order chi connectivity index (χ0) is 65.6. The van der Waals surface area contributed by atoms with Crippen LogP contribution in [0.1, 0.15) is 80.8 Å². The Morgan fingerprint density at radius 3 is 1.46 bits per heavy atom. The van der Waals surface area contributed by atoms with Crippen LogP contribution in [0.2, 0.25) is 1.41 Å². The van der Waals surface area contributed by atoms with Gasteiger partial charge in [-0.2, -0.15) is 32.7 Å². The van der Waals surface area contributed by atoms with Crippen LogP contribution in [-0.2, 0) is 14.4 Å². The minimum atomic E-state index is -5.08. The second-order valence-corrected chi connectivity index (χ2v) is 18.6. The Kier molecular flexibility index (Phi) is 26.1. The second kappa shape index (κ2) is 33.2. The lowest BCUT2D eigenvalue weighted by atomic mass is 10.1. The minimum Gasteiger partial charge on any atom is -0.494 e. The van der Waals surface area contributed by atoms with Gasteiger partial charge < -0.3 is 54.8 Å². The van der Waals surface area contributed by atoms with E-state index in [4.69, 9.17) is 25.9 Å². The third kappa shape index (κ3) is 17.3. The van der Waals surface area contributed by atoms with E-state index in [1.807, 2.05) is 74.2 Å². The molecule has 8 heterocycles. The number of nitrogens with zero attached hydrogens (tertiary/aromatic N) is 11. The van der Waals surface area contributed by atoms with Crippen LogP contribution >= 0.6 is 9.39 Å². The lowest BCUT2D eigenvalue weighted by molar-refractivity contribution is -0.192. The van der Waals surface area contributed by atoms with Crippen LogP contribution in [0.4, 0.5) is 17.6 Å². The molecule has 10 rings (SSSR count). The van der Waals surface area contributed by atoms with Gasteiger partial charge in [-0.1, -0.05) is 59.6 Å². The number of benzene rings is 2. The highest BCUT2D eigenvalue weighted by molar-refractivity contribution is 7.13. The first kappa shape index (κ1) is 68.2. The van der Waals surface area contributed by atoms with Gasteiger partial charge in [0.1, 0.15) is 37.2 Å². The summed E-state index contributed by atoms with van der Waals surface area (Å²) in [6, 6.07) is 18.5.